The molecule has 1 aliphatic rings. The summed E-state index contributed by atoms with van der Waals surface area (Å²) in [7, 11) is 0. The molecule has 1 heterocycles. The minimum atomic E-state index is 0.144. The molecular formula is C3H7ClN2. The second-order valence-corrected chi connectivity index (χ2v) is 1.95. The van der Waals surface area contributed by atoms with Gasteiger partial charge in [0.05, 0.1) is 0 Å². The lowest BCUT2D eigenvalue weighted by Gasteiger charge is -2.31. The molecule has 0 aliphatic carbocycles. The van der Waals surface area contributed by atoms with Gasteiger partial charge >= 0.3 is 0 Å². The van der Waals surface area contributed by atoms with Crippen LogP contribution in [0.2, 0.25) is 0 Å². The molecule has 0 radical (unpaired) electrons. The molecule has 1 saturated heterocycles. The maximum atomic E-state index is 5.53. The van der Waals surface area contributed by atoms with Gasteiger partial charge in [0.1, 0.15) is 5.50 Å². The summed E-state index contributed by atoms with van der Waals surface area (Å²) in [5.41, 5.74) is 5.79. The van der Waals surface area contributed by atoms with Crippen molar-refractivity contribution in [2.75, 3.05) is 0 Å². The van der Waals surface area contributed by atoms with Gasteiger partial charge < -0.3 is 0 Å². The zero-order valence-corrected chi connectivity index (χ0v) is 4.29. The van der Waals surface area contributed by atoms with Crippen LogP contribution < -0.4 is 10.9 Å². The van der Waals surface area contributed by atoms with E-state index in [1.165, 1.54) is 0 Å². The van der Waals surface area contributed by atoms with Gasteiger partial charge in [-0.15, -0.1) is 11.6 Å². The highest BCUT2D eigenvalue weighted by Gasteiger charge is 2.21. The Labute approximate surface area is 41.8 Å². The van der Waals surface area contributed by atoms with Gasteiger partial charge in [0.15, 0.2) is 0 Å². The SMILES string of the molecule is C[C@@H]1NNC1Cl. The molecule has 3 heteroatoms. The molecule has 2 nitrogen and oxygen atoms in total. The first-order valence-electron chi connectivity index (χ1n) is 1.96. The number of hydrazine groups is 1. The molecule has 0 bridgehead atoms. The molecule has 0 spiro atoms. The van der Waals surface area contributed by atoms with Gasteiger partial charge in [-0.25, -0.2) is 5.43 Å². The Hall–Kier alpha value is 0.210. The Morgan fingerprint density at radius 2 is 2.00 bits per heavy atom. The number of rotatable bonds is 0. The van der Waals surface area contributed by atoms with E-state index in [1.54, 1.807) is 0 Å². The van der Waals surface area contributed by atoms with E-state index in [4.69, 9.17) is 11.6 Å². The lowest BCUT2D eigenvalue weighted by Crippen LogP contribution is -2.63. The van der Waals surface area contributed by atoms with Gasteiger partial charge in [0.25, 0.3) is 0 Å². The molecule has 2 N–H and O–H groups in total. The lowest BCUT2D eigenvalue weighted by atomic mass is 10.3. The molecule has 0 aromatic carbocycles. The second kappa shape index (κ2) is 1.37. The van der Waals surface area contributed by atoms with Crippen LogP contribution in [0, 0.1) is 0 Å². The third-order valence-corrected chi connectivity index (χ3v) is 1.37. The molecule has 1 unspecified atom stereocenters. The van der Waals surface area contributed by atoms with E-state index in [0.717, 1.165) is 0 Å². The average Bonchev–Trinajstić information content (AvgIpc) is 1.61. The van der Waals surface area contributed by atoms with Crippen molar-refractivity contribution in [2.24, 2.45) is 0 Å². The summed E-state index contributed by atoms with van der Waals surface area (Å²) in [5, 5.41) is 0. The van der Waals surface area contributed by atoms with Gasteiger partial charge in [-0.2, -0.15) is 0 Å². The van der Waals surface area contributed by atoms with Gasteiger partial charge in [-0.1, -0.05) is 0 Å². The molecular weight excluding hydrogens is 99.5 g/mol. The first-order valence-corrected chi connectivity index (χ1v) is 2.39. The van der Waals surface area contributed by atoms with Crippen molar-refractivity contribution < 1.29 is 0 Å². The van der Waals surface area contributed by atoms with E-state index in [1.807, 2.05) is 6.92 Å². The Kier molecular flexibility index (Phi) is 0.998. The predicted molar refractivity (Wildman–Crippen MR) is 25.4 cm³/mol. The Bertz CT molecular complexity index is 48.8. The van der Waals surface area contributed by atoms with E-state index in [2.05, 4.69) is 10.9 Å². The van der Waals surface area contributed by atoms with Crippen LogP contribution in [0.1, 0.15) is 6.92 Å². The zero-order chi connectivity index (χ0) is 4.57. The number of nitrogens with one attached hydrogen (secondary N) is 2. The van der Waals surface area contributed by atoms with Crippen molar-refractivity contribution in [2.45, 2.75) is 18.5 Å². The van der Waals surface area contributed by atoms with Crippen molar-refractivity contribution in [3.8, 4) is 0 Å². The fourth-order valence-corrected chi connectivity index (χ4v) is 0.439. The van der Waals surface area contributed by atoms with Crippen LogP contribution in [-0.4, -0.2) is 11.5 Å². The van der Waals surface area contributed by atoms with Crippen molar-refractivity contribution in [3.05, 3.63) is 0 Å². The van der Waals surface area contributed by atoms with Crippen LogP contribution >= 0.6 is 11.6 Å². The molecule has 36 valence electrons. The molecule has 2 atom stereocenters. The minimum absolute atomic E-state index is 0.144. The number of hydrogen-bond acceptors (Lipinski definition) is 2. The molecule has 1 rings (SSSR count). The van der Waals surface area contributed by atoms with Crippen molar-refractivity contribution in [1.82, 2.24) is 10.9 Å². The highest BCUT2D eigenvalue weighted by atomic mass is 35.5. The first-order chi connectivity index (χ1) is 2.80. The fourth-order valence-electron chi connectivity index (χ4n) is 0.313. The molecule has 0 aromatic heterocycles. The average molecular weight is 107 g/mol. The first kappa shape index (κ1) is 4.37. The summed E-state index contributed by atoms with van der Waals surface area (Å²) in [5.74, 6) is 0. The minimum Gasteiger partial charge on any atom is -0.251 e. The van der Waals surface area contributed by atoms with Crippen molar-refractivity contribution in [1.29, 1.82) is 0 Å². The Morgan fingerprint density at radius 1 is 1.50 bits per heavy atom. The third kappa shape index (κ3) is 0.511. The summed E-state index contributed by atoms with van der Waals surface area (Å²) in [4.78, 5) is 0. The molecule has 6 heavy (non-hydrogen) atoms. The zero-order valence-electron chi connectivity index (χ0n) is 3.53. The van der Waals surface area contributed by atoms with E-state index in [-0.39, 0.29) is 5.50 Å². The van der Waals surface area contributed by atoms with Gasteiger partial charge in [-0.05, 0) is 6.92 Å². The Morgan fingerprint density at radius 3 is 2.00 bits per heavy atom. The molecule has 0 amide bonds. The highest BCUT2D eigenvalue weighted by molar-refractivity contribution is 6.21. The summed E-state index contributed by atoms with van der Waals surface area (Å²) in [6, 6.07) is 0.437. The number of alkyl halides is 1. The summed E-state index contributed by atoms with van der Waals surface area (Å²) in [6.07, 6.45) is 0. The summed E-state index contributed by atoms with van der Waals surface area (Å²) in [6.45, 7) is 2.02. The Balaban J connectivity index is 2.20. The van der Waals surface area contributed by atoms with E-state index < -0.39 is 0 Å². The topological polar surface area (TPSA) is 24.1 Å². The van der Waals surface area contributed by atoms with E-state index in [0.29, 0.717) is 6.04 Å². The fraction of sp³-hybridized carbons (Fsp3) is 1.00. The molecule has 0 saturated carbocycles. The number of hydrogen-bond donors (Lipinski definition) is 2. The molecule has 0 aromatic rings. The van der Waals surface area contributed by atoms with Crippen LogP contribution in [0.5, 0.6) is 0 Å². The van der Waals surface area contributed by atoms with Crippen LogP contribution in [0.4, 0.5) is 0 Å². The van der Waals surface area contributed by atoms with Gasteiger partial charge in [-0.3, -0.25) is 5.43 Å². The van der Waals surface area contributed by atoms with E-state index in [9.17, 15) is 0 Å². The van der Waals surface area contributed by atoms with Crippen LogP contribution in [0.25, 0.3) is 0 Å². The summed E-state index contributed by atoms with van der Waals surface area (Å²) < 4.78 is 0. The highest BCUT2D eigenvalue weighted by Crippen LogP contribution is 2.02. The molecule has 1 fully saturated rings. The normalized spacial score (nSPS) is 45.0. The largest absolute Gasteiger partial charge is 0.251 e. The van der Waals surface area contributed by atoms with Gasteiger partial charge in [0.2, 0.25) is 0 Å². The second-order valence-electron chi connectivity index (χ2n) is 1.48. The summed E-state index contributed by atoms with van der Waals surface area (Å²) >= 11 is 5.53. The quantitative estimate of drug-likeness (QED) is 0.337. The molecule has 1 aliphatic heterocycles. The maximum Gasteiger partial charge on any atom is 0.111 e. The monoisotopic (exact) mass is 106 g/mol. The van der Waals surface area contributed by atoms with Crippen LogP contribution in [0.15, 0.2) is 0 Å². The van der Waals surface area contributed by atoms with E-state index >= 15 is 0 Å². The smallest absolute Gasteiger partial charge is 0.111 e. The van der Waals surface area contributed by atoms with Crippen LogP contribution in [0.3, 0.4) is 0 Å². The lowest BCUT2D eigenvalue weighted by molar-refractivity contribution is 0.285. The van der Waals surface area contributed by atoms with Crippen molar-refractivity contribution >= 4 is 11.6 Å². The van der Waals surface area contributed by atoms with Crippen molar-refractivity contribution in [3.63, 3.8) is 0 Å². The number of halogens is 1. The van der Waals surface area contributed by atoms with Gasteiger partial charge in [0, 0.05) is 6.04 Å². The maximum absolute atomic E-state index is 5.53. The standard InChI is InChI=1S/C3H7ClN2/c1-2-3(4)6-5-2/h2-3,5-6H,1H3/t2-,3?/m0/s1. The predicted octanol–water partition coefficient (Wildman–Crippen LogP) is 0.0476. The third-order valence-electron chi connectivity index (χ3n) is 0.888. The van der Waals surface area contributed by atoms with Crippen LogP contribution in [-0.2, 0) is 0 Å².